The van der Waals surface area contributed by atoms with E-state index in [0.29, 0.717) is 25.1 Å². The predicted molar refractivity (Wildman–Crippen MR) is 94.1 cm³/mol. The fraction of sp³-hybridized carbons (Fsp3) is 0.500. The Morgan fingerprint density at radius 2 is 1.96 bits per heavy atom. The van der Waals surface area contributed by atoms with Gasteiger partial charge in [0.1, 0.15) is 12.1 Å². The Labute approximate surface area is 147 Å². The van der Waals surface area contributed by atoms with Gasteiger partial charge in [-0.3, -0.25) is 9.59 Å². The molecule has 1 aromatic carbocycles. The van der Waals surface area contributed by atoms with Crippen LogP contribution in [-0.4, -0.2) is 47.4 Å². The molecule has 0 unspecified atom stereocenters. The lowest BCUT2D eigenvalue weighted by molar-refractivity contribution is -0.147. The standard InChI is InChI=1S/C18H24N4O3/c1-3-11-5-7-12(8-6-11)19-18(25)20-13-9-15-16(23)21-14(4-2)17(24)22(15)10-13/h5-8,13-15H,3-4,9-10H2,1-2H3,(H,21,23)(H2,19,20,25)/t13-,14-,15-/m0/s1. The van der Waals surface area contributed by atoms with Gasteiger partial charge in [-0.15, -0.1) is 0 Å². The van der Waals surface area contributed by atoms with Gasteiger partial charge < -0.3 is 20.9 Å². The van der Waals surface area contributed by atoms with E-state index in [1.165, 1.54) is 5.56 Å². The van der Waals surface area contributed by atoms with Crippen molar-refractivity contribution in [1.29, 1.82) is 0 Å². The van der Waals surface area contributed by atoms with Crippen LogP contribution in [0.2, 0.25) is 0 Å². The maximum atomic E-state index is 12.3. The Bertz CT molecular complexity index is 673. The monoisotopic (exact) mass is 344 g/mol. The maximum Gasteiger partial charge on any atom is 0.319 e. The van der Waals surface area contributed by atoms with Crippen LogP contribution in [-0.2, 0) is 16.0 Å². The van der Waals surface area contributed by atoms with Gasteiger partial charge >= 0.3 is 6.03 Å². The maximum absolute atomic E-state index is 12.3. The van der Waals surface area contributed by atoms with Crippen molar-refractivity contribution in [3.05, 3.63) is 29.8 Å². The number of fused-ring (bicyclic) bond motifs is 1. The summed E-state index contributed by atoms with van der Waals surface area (Å²) in [7, 11) is 0. The number of anilines is 1. The Morgan fingerprint density at radius 3 is 2.60 bits per heavy atom. The minimum absolute atomic E-state index is 0.0630. The number of carbonyl (C=O) groups excluding carboxylic acids is 3. The van der Waals surface area contributed by atoms with E-state index in [-0.39, 0.29) is 23.9 Å². The number of benzene rings is 1. The van der Waals surface area contributed by atoms with Crippen molar-refractivity contribution >= 4 is 23.5 Å². The van der Waals surface area contributed by atoms with Crippen molar-refractivity contribution in [3.8, 4) is 0 Å². The van der Waals surface area contributed by atoms with Gasteiger partial charge in [-0.25, -0.2) is 4.79 Å². The smallest absolute Gasteiger partial charge is 0.319 e. The summed E-state index contributed by atoms with van der Waals surface area (Å²) in [5, 5.41) is 8.41. The lowest BCUT2D eigenvalue weighted by atomic mass is 10.1. The van der Waals surface area contributed by atoms with Crippen LogP contribution in [0.3, 0.4) is 0 Å². The number of urea groups is 1. The van der Waals surface area contributed by atoms with E-state index < -0.39 is 12.1 Å². The average molecular weight is 344 g/mol. The molecular weight excluding hydrogens is 320 g/mol. The molecule has 0 aliphatic carbocycles. The van der Waals surface area contributed by atoms with E-state index in [4.69, 9.17) is 0 Å². The van der Waals surface area contributed by atoms with Gasteiger partial charge in [0.2, 0.25) is 11.8 Å². The summed E-state index contributed by atoms with van der Waals surface area (Å²) in [5.74, 6) is -0.196. The molecule has 4 amide bonds. The molecule has 2 aliphatic rings. The second-order valence-electron chi connectivity index (χ2n) is 6.56. The molecule has 2 saturated heterocycles. The predicted octanol–water partition coefficient (Wildman–Crippen LogP) is 1.25. The van der Waals surface area contributed by atoms with Gasteiger partial charge in [0.05, 0.1) is 6.04 Å². The molecule has 0 saturated carbocycles. The molecule has 25 heavy (non-hydrogen) atoms. The Balaban J connectivity index is 1.57. The number of nitrogens with one attached hydrogen (secondary N) is 3. The van der Waals surface area contributed by atoms with Crippen LogP contribution < -0.4 is 16.0 Å². The minimum Gasteiger partial charge on any atom is -0.343 e. The summed E-state index contributed by atoms with van der Waals surface area (Å²) < 4.78 is 0. The second-order valence-corrected chi connectivity index (χ2v) is 6.56. The zero-order valence-corrected chi connectivity index (χ0v) is 14.5. The Morgan fingerprint density at radius 1 is 1.24 bits per heavy atom. The third kappa shape index (κ3) is 3.60. The van der Waals surface area contributed by atoms with E-state index in [0.717, 1.165) is 6.42 Å². The van der Waals surface area contributed by atoms with Gasteiger partial charge in [0, 0.05) is 12.2 Å². The van der Waals surface area contributed by atoms with Gasteiger partial charge in [0.15, 0.2) is 0 Å². The van der Waals surface area contributed by atoms with Crippen LogP contribution in [0, 0.1) is 0 Å². The molecule has 7 heteroatoms. The van der Waals surface area contributed by atoms with Crippen molar-refractivity contribution < 1.29 is 14.4 Å². The zero-order valence-electron chi connectivity index (χ0n) is 14.5. The van der Waals surface area contributed by atoms with E-state index in [9.17, 15) is 14.4 Å². The van der Waals surface area contributed by atoms with Crippen molar-refractivity contribution in [1.82, 2.24) is 15.5 Å². The number of piperazine rings is 1. The summed E-state index contributed by atoms with van der Waals surface area (Å²) in [6.45, 7) is 4.31. The van der Waals surface area contributed by atoms with Gasteiger partial charge in [-0.05, 0) is 37.0 Å². The number of rotatable bonds is 4. The SMILES string of the molecule is CCc1ccc(NC(=O)N[C@H]2C[C@H]3C(=O)N[C@@H](CC)C(=O)N3C2)cc1. The Kier molecular flexibility index (Phi) is 4.92. The van der Waals surface area contributed by atoms with Gasteiger partial charge in [0.25, 0.3) is 0 Å². The molecule has 0 spiro atoms. The molecule has 0 aromatic heterocycles. The van der Waals surface area contributed by atoms with E-state index >= 15 is 0 Å². The topological polar surface area (TPSA) is 90.5 Å². The summed E-state index contributed by atoms with van der Waals surface area (Å²) in [6.07, 6.45) is 1.96. The summed E-state index contributed by atoms with van der Waals surface area (Å²) in [4.78, 5) is 38.3. The third-order valence-corrected chi connectivity index (χ3v) is 4.86. The average Bonchev–Trinajstić information content (AvgIpc) is 3.03. The number of amides is 4. The van der Waals surface area contributed by atoms with Crippen LogP contribution in [0.15, 0.2) is 24.3 Å². The summed E-state index contributed by atoms with van der Waals surface area (Å²) in [6, 6.07) is 6.17. The fourth-order valence-corrected chi connectivity index (χ4v) is 3.42. The first-order valence-corrected chi connectivity index (χ1v) is 8.79. The molecular formula is C18H24N4O3. The van der Waals surface area contributed by atoms with E-state index in [1.54, 1.807) is 4.90 Å². The summed E-state index contributed by atoms with van der Waals surface area (Å²) >= 11 is 0. The van der Waals surface area contributed by atoms with Crippen LogP contribution in [0.1, 0.15) is 32.3 Å². The number of nitrogens with zero attached hydrogens (tertiary/aromatic N) is 1. The zero-order chi connectivity index (χ0) is 18.0. The number of hydrogen-bond donors (Lipinski definition) is 3. The van der Waals surface area contributed by atoms with Crippen LogP contribution >= 0.6 is 0 Å². The molecule has 2 fully saturated rings. The minimum atomic E-state index is -0.482. The molecule has 0 bridgehead atoms. The van der Waals surface area contributed by atoms with Crippen molar-refractivity contribution in [3.63, 3.8) is 0 Å². The Hall–Kier alpha value is -2.57. The largest absolute Gasteiger partial charge is 0.343 e. The molecule has 3 atom stereocenters. The molecule has 0 radical (unpaired) electrons. The molecule has 134 valence electrons. The number of aryl methyl sites for hydroxylation is 1. The first kappa shape index (κ1) is 17.3. The molecule has 2 aliphatic heterocycles. The van der Waals surface area contributed by atoms with Crippen molar-refractivity contribution in [2.75, 3.05) is 11.9 Å². The lowest BCUT2D eigenvalue weighted by Gasteiger charge is -2.33. The third-order valence-electron chi connectivity index (χ3n) is 4.86. The van der Waals surface area contributed by atoms with E-state index in [2.05, 4.69) is 22.9 Å². The summed E-state index contributed by atoms with van der Waals surface area (Å²) in [5.41, 5.74) is 1.92. The lowest BCUT2D eigenvalue weighted by Crippen LogP contribution is -2.60. The van der Waals surface area contributed by atoms with Crippen molar-refractivity contribution in [2.45, 2.75) is 51.2 Å². The highest BCUT2D eigenvalue weighted by atomic mass is 16.2. The van der Waals surface area contributed by atoms with Crippen LogP contribution in [0.25, 0.3) is 0 Å². The number of carbonyl (C=O) groups is 3. The van der Waals surface area contributed by atoms with Crippen LogP contribution in [0.5, 0.6) is 0 Å². The molecule has 3 N–H and O–H groups in total. The number of hydrogen-bond acceptors (Lipinski definition) is 3. The highest BCUT2D eigenvalue weighted by molar-refractivity contribution is 5.97. The highest BCUT2D eigenvalue weighted by Gasteiger charge is 2.46. The highest BCUT2D eigenvalue weighted by Crippen LogP contribution is 2.23. The molecule has 3 rings (SSSR count). The van der Waals surface area contributed by atoms with Gasteiger partial charge in [-0.1, -0.05) is 26.0 Å². The first-order valence-electron chi connectivity index (χ1n) is 8.79. The molecule has 1 aromatic rings. The molecule has 2 heterocycles. The normalized spacial score (nSPS) is 25.4. The molecule has 7 nitrogen and oxygen atoms in total. The quantitative estimate of drug-likeness (QED) is 0.768. The van der Waals surface area contributed by atoms with Gasteiger partial charge in [-0.2, -0.15) is 0 Å². The van der Waals surface area contributed by atoms with E-state index in [1.807, 2.05) is 31.2 Å². The fourth-order valence-electron chi connectivity index (χ4n) is 3.42. The first-order chi connectivity index (χ1) is 12.0. The second kappa shape index (κ2) is 7.13. The van der Waals surface area contributed by atoms with Crippen molar-refractivity contribution in [2.24, 2.45) is 0 Å². The van der Waals surface area contributed by atoms with Crippen LogP contribution in [0.4, 0.5) is 10.5 Å².